The highest BCUT2D eigenvalue weighted by atomic mass is 16.5. The first kappa shape index (κ1) is 21.9. The van der Waals surface area contributed by atoms with Crippen LogP contribution in [0.25, 0.3) is 6.08 Å². The number of benzene rings is 2. The number of unbranched alkanes of at least 4 members (excludes halogenated alkanes) is 1. The molecule has 1 N–H and O–H groups in total. The van der Waals surface area contributed by atoms with E-state index in [-0.39, 0.29) is 5.91 Å². The number of nitrogens with zero attached hydrogens (tertiary/aromatic N) is 1. The van der Waals surface area contributed by atoms with E-state index in [1.165, 1.54) is 38.4 Å². The van der Waals surface area contributed by atoms with Gasteiger partial charge in [0.25, 0.3) is 0 Å². The number of likely N-dealkylation sites (tertiary alicyclic amines) is 1. The molecule has 1 aliphatic heterocycles. The van der Waals surface area contributed by atoms with Gasteiger partial charge in [0, 0.05) is 11.8 Å². The summed E-state index contributed by atoms with van der Waals surface area (Å²) < 4.78 is 11.4. The second kappa shape index (κ2) is 12.0. The molecule has 0 saturated carbocycles. The van der Waals surface area contributed by atoms with Crippen LogP contribution in [-0.4, -0.2) is 44.2 Å². The Kier molecular flexibility index (Phi) is 8.79. The van der Waals surface area contributed by atoms with Crippen molar-refractivity contribution in [3.8, 4) is 11.5 Å². The number of para-hydroxylation sites is 1. The lowest BCUT2D eigenvalue weighted by Gasteiger charge is -2.26. The summed E-state index contributed by atoms with van der Waals surface area (Å²) in [5.74, 6) is 1.24. The summed E-state index contributed by atoms with van der Waals surface area (Å²) in [6.45, 7) is 4.33. The van der Waals surface area contributed by atoms with E-state index in [9.17, 15) is 4.79 Å². The van der Waals surface area contributed by atoms with E-state index < -0.39 is 0 Å². The second-order valence-electron chi connectivity index (χ2n) is 7.56. The van der Waals surface area contributed by atoms with Crippen molar-refractivity contribution in [3.05, 3.63) is 60.2 Å². The monoisotopic (exact) mass is 408 g/mol. The fourth-order valence-electron chi connectivity index (χ4n) is 3.59. The molecule has 0 bridgehead atoms. The molecule has 30 heavy (non-hydrogen) atoms. The molecule has 0 spiro atoms. The summed E-state index contributed by atoms with van der Waals surface area (Å²) in [7, 11) is 1.63. The standard InChI is InChI=1S/C25H32N2O3/c1-29-24-20-21(13-15-25(28)26-22-10-4-2-5-11-22)12-14-23(24)30-19-9-8-18-27-16-6-3-7-17-27/h2,4-5,10-15,20H,3,6-9,16-19H2,1H3,(H,26,28)/b15-13+. The average Bonchev–Trinajstić information content (AvgIpc) is 2.79. The molecule has 3 rings (SSSR count). The average molecular weight is 409 g/mol. The van der Waals surface area contributed by atoms with Crippen LogP contribution in [0.1, 0.15) is 37.7 Å². The number of nitrogens with one attached hydrogen (secondary N) is 1. The number of hydrogen-bond donors (Lipinski definition) is 1. The molecule has 0 unspecified atom stereocenters. The van der Waals surface area contributed by atoms with E-state index in [4.69, 9.17) is 9.47 Å². The molecule has 2 aromatic rings. The largest absolute Gasteiger partial charge is 0.493 e. The number of hydrogen-bond acceptors (Lipinski definition) is 4. The van der Waals surface area contributed by atoms with Crippen molar-refractivity contribution >= 4 is 17.7 Å². The number of rotatable bonds is 10. The lowest BCUT2D eigenvalue weighted by molar-refractivity contribution is -0.111. The Hall–Kier alpha value is -2.79. The molecule has 0 radical (unpaired) electrons. The van der Waals surface area contributed by atoms with Crippen molar-refractivity contribution in [2.24, 2.45) is 0 Å². The Morgan fingerprint density at radius 1 is 1.03 bits per heavy atom. The van der Waals surface area contributed by atoms with Gasteiger partial charge in [0.1, 0.15) is 0 Å². The summed E-state index contributed by atoms with van der Waals surface area (Å²) in [4.78, 5) is 14.6. The van der Waals surface area contributed by atoms with Gasteiger partial charge in [-0.15, -0.1) is 0 Å². The van der Waals surface area contributed by atoms with Gasteiger partial charge in [-0.3, -0.25) is 4.79 Å². The normalized spacial score (nSPS) is 14.6. The summed E-state index contributed by atoms with van der Waals surface area (Å²) in [6, 6.07) is 15.1. The molecule has 5 heteroatoms. The predicted octanol–water partition coefficient (Wildman–Crippen LogP) is 4.99. The molecule has 1 aliphatic rings. The van der Waals surface area contributed by atoms with Crippen molar-refractivity contribution in [3.63, 3.8) is 0 Å². The number of carbonyl (C=O) groups excluding carboxylic acids is 1. The first-order valence-electron chi connectivity index (χ1n) is 10.8. The number of methoxy groups -OCH3 is 1. The molecule has 0 atom stereocenters. The molecule has 5 nitrogen and oxygen atoms in total. The van der Waals surface area contributed by atoms with Gasteiger partial charge in [0.2, 0.25) is 5.91 Å². The van der Waals surface area contributed by atoms with Gasteiger partial charge in [0.15, 0.2) is 11.5 Å². The highest BCUT2D eigenvalue weighted by Crippen LogP contribution is 2.28. The fraction of sp³-hybridized carbons (Fsp3) is 0.400. The summed E-state index contributed by atoms with van der Waals surface area (Å²) in [6.07, 6.45) is 9.51. The van der Waals surface area contributed by atoms with Crippen molar-refractivity contribution < 1.29 is 14.3 Å². The zero-order valence-electron chi connectivity index (χ0n) is 17.8. The Balaban J connectivity index is 1.44. The molecule has 0 aliphatic carbocycles. The van der Waals surface area contributed by atoms with E-state index in [0.717, 1.165) is 36.4 Å². The van der Waals surface area contributed by atoms with Gasteiger partial charge in [0.05, 0.1) is 13.7 Å². The first-order chi connectivity index (χ1) is 14.7. The van der Waals surface area contributed by atoms with Crippen molar-refractivity contribution in [1.29, 1.82) is 0 Å². The molecule has 1 saturated heterocycles. The number of anilines is 1. The number of ether oxygens (including phenoxy) is 2. The molecule has 160 valence electrons. The van der Waals surface area contributed by atoms with Crippen molar-refractivity contribution in [2.45, 2.75) is 32.1 Å². The van der Waals surface area contributed by atoms with Gasteiger partial charge in [-0.2, -0.15) is 0 Å². The van der Waals surface area contributed by atoms with Crippen LogP contribution < -0.4 is 14.8 Å². The van der Waals surface area contributed by atoms with E-state index in [2.05, 4.69) is 10.2 Å². The molecule has 1 amide bonds. The molecule has 2 aromatic carbocycles. The van der Waals surface area contributed by atoms with Gasteiger partial charge >= 0.3 is 0 Å². The molecular weight excluding hydrogens is 376 g/mol. The SMILES string of the molecule is COc1cc(/C=C/C(=O)Nc2ccccc2)ccc1OCCCCN1CCCCC1. The molecule has 0 aromatic heterocycles. The topological polar surface area (TPSA) is 50.8 Å². The van der Waals surface area contributed by atoms with Crippen molar-refractivity contribution in [2.75, 3.05) is 38.7 Å². The molecule has 1 heterocycles. The van der Waals surface area contributed by atoms with Crippen LogP contribution in [0.4, 0.5) is 5.69 Å². The maximum absolute atomic E-state index is 12.1. The maximum Gasteiger partial charge on any atom is 0.248 e. The Bertz CT molecular complexity index is 814. The third-order valence-electron chi connectivity index (χ3n) is 5.23. The van der Waals surface area contributed by atoms with Crippen LogP contribution in [0.15, 0.2) is 54.6 Å². The summed E-state index contributed by atoms with van der Waals surface area (Å²) >= 11 is 0. The predicted molar refractivity (Wildman–Crippen MR) is 122 cm³/mol. The fourth-order valence-corrected chi connectivity index (χ4v) is 3.59. The van der Waals surface area contributed by atoms with Gasteiger partial charge in [-0.05, 0) is 81.2 Å². The highest BCUT2D eigenvalue weighted by molar-refractivity contribution is 6.01. The molecular formula is C25H32N2O3. The van der Waals surface area contributed by atoms with E-state index in [1.807, 2.05) is 48.5 Å². The van der Waals surface area contributed by atoms with E-state index >= 15 is 0 Å². The van der Waals surface area contributed by atoms with Crippen LogP contribution in [0, 0.1) is 0 Å². The van der Waals surface area contributed by atoms with Crippen LogP contribution in [0.5, 0.6) is 11.5 Å². The van der Waals surface area contributed by atoms with Gasteiger partial charge in [-0.25, -0.2) is 0 Å². The number of carbonyl (C=O) groups is 1. The Labute approximate surface area is 179 Å². The number of piperidine rings is 1. The smallest absolute Gasteiger partial charge is 0.248 e. The zero-order valence-corrected chi connectivity index (χ0v) is 17.8. The lowest BCUT2D eigenvalue weighted by atomic mass is 10.1. The van der Waals surface area contributed by atoms with E-state index in [1.54, 1.807) is 13.2 Å². The first-order valence-corrected chi connectivity index (χ1v) is 10.8. The Morgan fingerprint density at radius 3 is 2.60 bits per heavy atom. The van der Waals surface area contributed by atoms with Crippen LogP contribution in [0.2, 0.25) is 0 Å². The minimum Gasteiger partial charge on any atom is -0.493 e. The quantitative estimate of drug-likeness (QED) is 0.444. The zero-order chi connectivity index (χ0) is 21.0. The minimum atomic E-state index is -0.172. The minimum absolute atomic E-state index is 0.172. The maximum atomic E-state index is 12.1. The summed E-state index contributed by atoms with van der Waals surface area (Å²) in [5, 5.41) is 2.83. The third kappa shape index (κ3) is 7.23. The molecule has 1 fully saturated rings. The van der Waals surface area contributed by atoms with Crippen LogP contribution in [-0.2, 0) is 4.79 Å². The van der Waals surface area contributed by atoms with E-state index in [0.29, 0.717) is 12.4 Å². The summed E-state index contributed by atoms with van der Waals surface area (Å²) in [5.41, 5.74) is 1.65. The highest BCUT2D eigenvalue weighted by Gasteiger charge is 2.09. The second-order valence-corrected chi connectivity index (χ2v) is 7.56. The van der Waals surface area contributed by atoms with Crippen LogP contribution >= 0.6 is 0 Å². The van der Waals surface area contributed by atoms with Gasteiger partial charge in [-0.1, -0.05) is 30.7 Å². The van der Waals surface area contributed by atoms with Crippen molar-refractivity contribution in [1.82, 2.24) is 4.90 Å². The van der Waals surface area contributed by atoms with Gasteiger partial charge < -0.3 is 19.7 Å². The van der Waals surface area contributed by atoms with Crippen LogP contribution in [0.3, 0.4) is 0 Å². The Morgan fingerprint density at radius 2 is 1.83 bits per heavy atom. The number of amides is 1. The lowest BCUT2D eigenvalue weighted by Crippen LogP contribution is -2.30. The third-order valence-corrected chi connectivity index (χ3v) is 5.23.